The average molecular weight is 369 g/mol. The van der Waals surface area contributed by atoms with Gasteiger partial charge in [-0.2, -0.15) is 0 Å². The van der Waals surface area contributed by atoms with E-state index in [0.29, 0.717) is 22.9 Å². The first kappa shape index (κ1) is 20.4. The summed E-state index contributed by atoms with van der Waals surface area (Å²) in [7, 11) is 4.74. The van der Waals surface area contributed by atoms with E-state index in [2.05, 4.69) is 26.1 Å². The van der Waals surface area contributed by atoms with E-state index in [0.717, 1.165) is 11.1 Å². The van der Waals surface area contributed by atoms with Crippen LogP contribution in [0.4, 0.5) is 5.69 Å². The Morgan fingerprint density at radius 1 is 0.889 bits per heavy atom. The normalized spacial score (nSPS) is 11.3. The Balaban J connectivity index is 2.19. The molecule has 2 aromatic rings. The summed E-state index contributed by atoms with van der Waals surface area (Å²) in [6.07, 6.45) is 3.20. The molecule has 144 valence electrons. The number of nitrogens with one attached hydrogen (secondary N) is 1. The predicted molar refractivity (Wildman–Crippen MR) is 109 cm³/mol. The molecule has 27 heavy (non-hydrogen) atoms. The molecule has 2 rings (SSSR count). The fourth-order valence-electron chi connectivity index (χ4n) is 2.57. The molecule has 0 heterocycles. The van der Waals surface area contributed by atoms with Crippen molar-refractivity contribution < 1.29 is 19.0 Å². The SMILES string of the molecule is COc1ccc(C(C)(C)C)cc1NC(=O)/C=C/c1ccc(OC)c(OC)c1. The number of ether oxygens (including phenoxy) is 3. The van der Waals surface area contributed by atoms with E-state index in [1.54, 1.807) is 33.5 Å². The zero-order valence-electron chi connectivity index (χ0n) is 16.8. The summed E-state index contributed by atoms with van der Waals surface area (Å²) >= 11 is 0. The summed E-state index contributed by atoms with van der Waals surface area (Å²) in [6.45, 7) is 6.37. The van der Waals surface area contributed by atoms with Crippen LogP contribution >= 0.6 is 0 Å². The number of hydrogen-bond donors (Lipinski definition) is 1. The molecule has 0 aromatic heterocycles. The lowest BCUT2D eigenvalue weighted by molar-refractivity contribution is -0.111. The second-order valence-corrected chi connectivity index (χ2v) is 7.10. The molecule has 0 spiro atoms. The maximum Gasteiger partial charge on any atom is 0.248 e. The van der Waals surface area contributed by atoms with Gasteiger partial charge in [-0.3, -0.25) is 4.79 Å². The van der Waals surface area contributed by atoms with Crippen molar-refractivity contribution in [1.29, 1.82) is 0 Å². The summed E-state index contributed by atoms with van der Waals surface area (Å²) in [5.74, 6) is 1.63. The van der Waals surface area contributed by atoms with Crippen molar-refractivity contribution in [2.24, 2.45) is 0 Å². The smallest absolute Gasteiger partial charge is 0.248 e. The Morgan fingerprint density at radius 2 is 1.52 bits per heavy atom. The Kier molecular flexibility index (Phi) is 6.50. The molecule has 2 aromatic carbocycles. The summed E-state index contributed by atoms with van der Waals surface area (Å²) in [5, 5.41) is 2.89. The van der Waals surface area contributed by atoms with E-state index in [4.69, 9.17) is 14.2 Å². The van der Waals surface area contributed by atoms with Gasteiger partial charge in [0.2, 0.25) is 5.91 Å². The summed E-state index contributed by atoms with van der Waals surface area (Å²) in [6, 6.07) is 11.3. The van der Waals surface area contributed by atoms with Gasteiger partial charge in [-0.1, -0.05) is 32.9 Å². The number of methoxy groups -OCH3 is 3. The molecular weight excluding hydrogens is 342 g/mol. The number of rotatable bonds is 6. The van der Waals surface area contributed by atoms with Crippen molar-refractivity contribution in [2.45, 2.75) is 26.2 Å². The number of carbonyl (C=O) groups is 1. The third-order valence-electron chi connectivity index (χ3n) is 4.16. The van der Waals surface area contributed by atoms with Crippen LogP contribution in [0.2, 0.25) is 0 Å². The number of carbonyl (C=O) groups excluding carboxylic acids is 1. The minimum Gasteiger partial charge on any atom is -0.495 e. The van der Waals surface area contributed by atoms with Crippen LogP contribution in [0.25, 0.3) is 6.08 Å². The first-order valence-corrected chi connectivity index (χ1v) is 8.68. The van der Waals surface area contributed by atoms with Gasteiger partial charge >= 0.3 is 0 Å². The molecule has 1 N–H and O–H groups in total. The van der Waals surface area contributed by atoms with Crippen molar-refractivity contribution in [3.05, 3.63) is 53.6 Å². The molecule has 0 fully saturated rings. The third-order valence-corrected chi connectivity index (χ3v) is 4.16. The molecule has 0 aliphatic rings. The number of benzene rings is 2. The van der Waals surface area contributed by atoms with E-state index in [9.17, 15) is 4.79 Å². The topological polar surface area (TPSA) is 56.8 Å². The van der Waals surface area contributed by atoms with Crippen molar-refractivity contribution in [1.82, 2.24) is 0 Å². The van der Waals surface area contributed by atoms with Gasteiger partial charge in [0.05, 0.1) is 27.0 Å². The molecule has 0 saturated heterocycles. The maximum atomic E-state index is 12.4. The largest absolute Gasteiger partial charge is 0.495 e. The summed E-state index contributed by atoms with van der Waals surface area (Å²) in [5.41, 5.74) is 2.56. The predicted octanol–water partition coefficient (Wildman–Crippen LogP) is 4.66. The fourth-order valence-corrected chi connectivity index (χ4v) is 2.57. The molecule has 0 radical (unpaired) electrons. The Hall–Kier alpha value is -2.95. The van der Waals surface area contributed by atoms with Gasteiger partial charge in [-0.15, -0.1) is 0 Å². The van der Waals surface area contributed by atoms with Crippen molar-refractivity contribution in [3.8, 4) is 17.2 Å². The van der Waals surface area contributed by atoms with E-state index >= 15 is 0 Å². The second kappa shape index (κ2) is 8.62. The molecule has 5 nitrogen and oxygen atoms in total. The third kappa shape index (κ3) is 5.26. The van der Waals surface area contributed by atoms with Crippen molar-refractivity contribution in [3.63, 3.8) is 0 Å². The highest BCUT2D eigenvalue weighted by atomic mass is 16.5. The standard InChI is InChI=1S/C22H27NO4/c1-22(2,3)16-9-11-18(25-4)17(14-16)23-21(24)12-8-15-7-10-19(26-5)20(13-15)27-6/h7-14H,1-6H3,(H,23,24)/b12-8+. The highest BCUT2D eigenvalue weighted by molar-refractivity contribution is 6.02. The van der Waals surface area contributed by atoms with Crippen LogP contribution in [0, 0.1) is 0 Å². The van der Waals surface area contributed by atoms with Crippen LogP contribution < -0.4 is 19.5 Å². The van der Waals surface area contributed by atoms with Crippen LogP contribution in [-0.4, -0.2) is 27.2 Å². The number of amides is 1. The zero-order valence-corrected chi connectivity index (χ0v) is 16.8. The molecule has 0 aliphatic carbocycles. The van der Waals surface area contributed by atoms with Gasteiger partial charge in [0.15, 0.2) is 11.5 Å². The molecule has 0 atom stereocenters. The quantitative estimate of drug-likeness (QED) is 0.752. The highest BCUT2D eigenvalue weighted by Crippen LogP contribution is 2.31. The minimum absolute atomic E-state index is 0.0266. The van der Waals surface area contributed by atoms with Gasteiger partial charge < -0.3 is 19.5 Å². The highest BCUT2D eigenvalue weighted by Gasteiger charge is 2.16. The van der Waals surface area contributed by atoms with Gasteiger partial charge in [0, 0.05) is 6.08 Å². The van der Waals surface area contributed by atoms with E-state index in [-0.39, 0.29) is 11.3 Å². The first-order valence-electron chi connectivity index (χ1n) is 8.68. The van der Waals surface area contributed by atoms with Crippen LogP contribution in [0.1, 0.15) is 31.9 Å². The maximum absolute atomic E-state index is 12.4. The first-order chi connectivity index (χ1) is 12.8. The lowest BCUT2D eigenvalue weighted by atomic mass is 9.87. The minimum atomic E-state index is -0.242. The molecule has 0 unspecified atom stereocenters. The lowest BCUT2D eigenvalue weighted by Crippen LogP contribution is -2.14. The molecule has 0 aliphatic heterocycles. The van der Waals surface area contributed by atoms with Crippen molar-refractivity contribution >= 4 is 17.7 Å². The zero-order chi connectivity index (χ0) is 20.0. The monoisotopic (exact) mass is 369 g/mol. The van der Waals surface area contributed by atoms with Crippen LogP contribution in [-0.2, 0) is 10.2 Å². The summed E-state index contributed by atoms with van der Waals surface area (Å²) in [4.78, 5) is 12.4. The number of anilines is 1. The summed E-state index contributed by atoms with van der Waals surface area (Å²) < 4.78 is 15.9. The van der Waals surface area contributed by atoms with Crippen LogP contribution in [0.5, 0.6) is 17.2 Å². The van der Waals surface area contributed by atoms with Gasteiger partial charge in [-0.25, -0.2) is 0 Å². The van der Waals surface area contributed by atoms with Gasteiger partial charge in [0.25, 0.3) is 0 Å². The molecule has 0 bridgehead atoms. The molecule has 1 amide bonds. The van der Waals surface area contributed by atoms with E-state index in [1.807, 2.05) is 30.3 Å². The second-order valence-electron chi connectivity index (χ2n) is 7.10. The van der Waals surface area contributed by atoms with Crippen molar-refractivity contribution in [2.75, 3.05) is 26.6 Å². The number of hydrogen-bond acceptors (Lipinski definition) is 4. The van der Waals surface area contributed by atoms with Crippen LogP contribution in [0.3, 0.4) is 0 Å². The lowest BCUT2D eigenvalue weighted by Gasteiger charge is -2.21. The van der Waals surface area contributed by atoms with Gasteiger partial charge in [-0.05, 0) is 46.9 Å². The van der Waals surface area contributed by atoms with Gasteiger partial charge in [0.1, 0.15) is 5.75 Å². The molecule has 5 heteroatoms. The van der Waals surface area contributed by atoms with Crippen LogP contribution in [0.15, 0.2) is 42.5 Å². The van der Waals surface area contributed by atoms with E-state index in [1.165, 1.54) is 6.08 Å². The Labute approximate surface area is 161 Å². The molecule has 0 saturated carbocycles. The average Bonchev–Trinajstić information content (AvgIpc) is 2.65. The molecular formula is C22H27NO4. The Bertz CT molecular complexity index is 835. The van der Waals surface area contributed by atoms with E-state index < -0.39 is 0 Å². The fraction of sp³-hybridized carbons (Fsp3) is 0.318. The Morgan fingerprint density at radius 3 is 2.11 bits per heavy atom.